The maximum atomic E-state index is 12.2. The third-order valence-electron chi connectivity index (χ3n) is 5.03. The number of likely N-dealkylation sites (tertiary alicyclic amines) is 1. The smallest absolute Gasteiger partial charge is 0.234 e. The van der Waals surface area contributed by atoms with Gasteiger partial charge in [-0.15, -0.1) is 0 Å². The summed E-state index contributed by atoms with van der Waals surface area (Å²) < 4.78 is 5.33. The lowest BCUT2D eigenvalue weighted by Gasteiger charge is -2.32. The number of ether oxygens (including phenoxy) is 1. The van der Waals surface area contributed by atoms with Gasteiger partial charge in [0.1, 0.15) is 0 Å². The van der Waals surface area contributed by atoms with Crippen LogP contribution in [0.5, 0.6) is 0 Å². The molecule has 0 atom stereocenters. The molecule has 0 spiro atoms. The summed E-state index contributed by atoms with van der Waals surface area (Å²) in [6.45, 7) is 4.18. The van der Waals surface area contributed by atoms with Gasteiger partial charge < -0.3 is 10.1 Å². The number of rotatable bonds is 5. The van der Waals surface area contributed by atoms with Crippen molar-refractivity contribution in [1.29, 1.82) is 0 Å². The van der Waals surface area contributed by atoms with E-state index in [-0.39, 0.29) is 5.91 Å². The highest BCUT2D eigenvalue weighted by Crippen LogP contribution is 2.21. The maximum absolute atomic E-state index is 12.2. The van der Waals surface area contributed by atoms with Crippen molar-refractivity contribution in [2.24, 2.45) is 5.92 Å². The largest absolute Gasteiger partial charge is 0.381 e. The number of amides is 1. The highest BCUT2D eigenvalue weighted by Gasteiger charge is 2.22. The highest BCUT2D eigenvalue weighted by atomic mass is 16.5. The highest BCUT2D eigenvalue weighted by molar-refractivity contribution is 5.78. The van der Waals surface area contributed by atoms with Gasteiger partial charge in [-0.1, -0.05) is 30.3 Å². The van der Waals surface area contributed by atoms with Gasteiger partial charge in [-0.25, -0.2) is 0 Å². The summed E-state index contributed by atoms with van der Waals surface area (Å²) in [7, 11) is 0. The van der Waals surface area contributed by atoms with Crippen LogP contribution >= 0.6 is 0 Å². The van der Waals surface area contributed by atoms with Crippen LogP contribution in [0, 0.1) is 5.92 Å². The molecule has 1 aromatic carbocycles. The van der Waals surface area contributed by atoms with Gasteiger partial charge in [0.15, 0.2) is 0 Å². The molecule has 4 heteroatoms. The molecule has 1 amide bonds. The van der Waals surface area contributed by atoms with Crippen LogP contribution in [0.4, 0.5) is 0 Å². The Kier molecular flexibility index (Phi) is 6.06. The number of piperidine rings is 1. The quantitative estimate of drug-likeness (QED) is 0.906. The monoisotopic (exact) mass is 316 g/mol. The number of carbonyl (C=O) groups excluding carboxylic acids is 1. The van der Waals surface area contributed by atoms with Gasteiger partial charge in [-0.3, -0.25) is 9.69 Å². The van der Waals surface area contributed by atoms with Crippen molar-refractivity contribution >= 4 is 5.91 Å². The number of benzene rings is 1. The molecule has 4 nitrogen and oxygen atoms in total. The lowest BCUT2D eigenvalue weighted by molar-refractivity contribution is -0.123. The Hall–Kier alpha value is -1.39. The third-order valence-corrected chi connectivity index (χ3v) is 5.03. The summed E-state index contributed by atoms with van der Waals surface area (Å²) >= 11 is 0. The van der Waals surface area contributed by atoms with Crippen LogP contribution in [0.1, 0.15) is 31.2 Å². The van der Waals surface area contributed by atoms with Crippen LogP contribution < -0.4 is 5.32 Å². The topological polar surface area (TPSA) is 41.6 Å². The predicted octanol–water partition coefficient (Wildman–Crippen LogP) is 2.24. The summed E-state index contributed by atoms with van der Waals surface area (Å²) in [5.41, 5.74) is 1.43. The van der Waals surface area contributed by atoms with Crippen molar-refractivity contribution in [3.05, 3.63) is 35.9 Å². The Balaban J connectivity index is 1.36. The van der Waals surface area contributed by atoms with Crippen molar-refractivity contribution in [3.8, 4) is 0 Å². The Morgan fingerprint density at radius 1 is 1.09 bits per heavy atom. The van der Waals surface area contributed by atoms with Gasteiger partial charge in [-0.05, 0) is 56.7 Å². The molecule has 23 heavy (non-hydrogen) atoms. The fraction of sp³-hybridized carbons (Fsp3) is 0.632. The van der Waals surface area contributed by atoms with Gasteiger partial charge in [0, 0.05) is 19.3 Å². The molecule has 126 valence electrons. The standard InChI is InChI=1S/C19H28N2O2/c22-19(20-18-8-12-23-13-9-18)15-21-10-6-17(7-11-21)14-16-4-2-1-3-5-16/h1-5,17-18H,6-15H2,(H,20,22). The van der Waals surface area contributed by atoms with E-state index in [9.17, 15) is 4.79 Å². The van der Waals surface area contributed by atoms with Gasteiger partial charge in [0.25, 0.3) is 0 Å². The van der Waals surface area contributed by atoms with Crippen molar-refractivity contribution in [3.63, 3.8) is 0 Å². The summed E-state index contributed by atoms with van der Waals surface area (Å²) in [6, 6.07) is 11.0. The molecule has 2 heterocycles. The molecule has 2 saturated heterocycles. The molecular formula is C19H28N2O2. The van der Waals surface area contributed by atoms with Crippen LogP contribution in [0.3, 0.4) is 0 Å². The second kappa shape index (κ2) is 8.46. The van der Waals surface area contributed by atoms with Crippen LogP contribution in [-0.2, 0) is 16.0 Å². The second-order valence-corrected chi connectivity index (χ2v) is 6.86. The Morgan fingerprint density at radius 2 is 1.78 bits per heavy atom. The van der Waals surface area contributed by atoms with E-state index in [4.69, 9.17) is 4.74 Å². The molecule has 3 rings (SSSR count). The van der Waals surface area contributed by atoms with Crippen LogP contribution in [-0.4, -0.2) is 49.7 Å². The van der Waals surface area contributed by atoms with Gasteiger partial charge in [0.2, 0.25) is 5.91 Å². The first-order chi connectivity index (χ1) is 11.3. The minimum absolute atomic E-state index is 0.179. The first kappa shape index (κ1) is 16.5. The lowest BCUT2D eigenvalue weighted by Crippen LogP contribution is -2.46. The first-order valence-electron chi connectivity index (χ1n) is 8.93. The van der Waals surface area contributed by atoms with Crippen molar-refractivity contribution < 1.29 is 9.53 Å². The molecule has 2 aliphatic rings. The molecule has 1 N–H and O–H groups in total. The number of hydrogen-bond donors (Lipinski definition) is 1. The number of nitrogens with zero attached hydrogens (tertiary/aromatic N) is 1. The van der Waals surface area contributed by atoms with Crippen molar-refractivity contribution in [2.75, 3.05) is 32.8 Å². The summed E-state index contributed by atoms with van der Waals surface area (Å²) in [6.07, 6.45) is 5.46. The van der Waals surface area contributed by atoms with Crippen LogP contribution in [0.2, 0.25) is 0 Å². The molecule has 0 radical (unpaired) electrons. The zero-order chi connectivity index (χ0) is 15.9. The molecule has 1 aromatic rings. The number of hydrogen-bond acceptors (Lipinski definition) is 3. The SMILES string of the molecule is O=C(CN1CCC(Cc2ccccc2)CC1)NC1CCOCC1. The van der Waals surface area contributed by atoms with Gasteiger partial charge in [-0.2, -0.15) is 0 Å². The Bertz CT molecular complexity index is 477. The fourth-order valence-corrected chi connectivity index (χ4v) is 3.61. The molecule has 2 fully saturated rings. The Labute approximate surface area is 139 Å². The zero-order valence-corrected chi connectivity index (χ0v) is 13.9. The molecule has 0 saturated carbocycles. The summed E-state index contributed by atoms with van der Waals surface area (Å²) in [5.74, 6) is 0.936. The third kappa shape index (κ3) is 5.33. The second-order valence-electron chi connectivity index (χ2n) is 6.86. The average Bonchev–Trinajstić information content (AvgIpc) is 2.58. The van der Waals surface area contributed by atoms with Gasteiger partial charge in [0.05, 0.1) is 6.54 Å². The van der Waals surface area contributed by atoms with E-state index in [2.05, 4.69) is 40.5 Å². The van der Waals surface area contributed by atoms with Crippen molar-refractivity contribution in [1.82, 2.24) is 10.2 Å². The number of nitrogens with one attached hydrogen (secondary N) is 1. The van der Waals surface area contributed by atoms with E-state index in [0.29, 0.717) is 12.6 Å². The molecule has 0 unspecified atom stereocenters. The van der Waals surface area contributed by atoms with E-state index >= 15 is 0 Å². The minimum atomic E-state index is 0.179. The lowest BCUT2D eigenvalue weighted by atomic mass is 9.90. The predicted molar refractivity (Wildman–Crippen MR) is 91.3 cm³/mol. The molecule has 0 bridgehead atoms. The normalized spacial score (nSPS) is 21.2. The fourth-order valence-electron chi connectivity index (χ4n) is 3.61. The van der Waals surface area contributed by atoms with E-state index in [0.717, 1.165) is 45.1 Å². The van der Waals surface area contributed by atoms with Crippen LogP contribution in [0.15, 0.2) is 30.3 Å². The van der Waals surface area contributed by atoms with E-state index < -0.39 is 0 Å². The maximum Gasteiger partial charge on any atom is 0.234 e. The molecule has 0 aromatic heterocycles. The van der Waals surface area contributed by atoms with E-state index in [1.165, 1.54) is 24.8 Å². The molecule has 2 aliphatic heterocycles. The first-order valence-corrected chi connectivity index (χ1v) is 8.93. The number of carbonyl (C=O) groups is 1. The van der Waals surface area contributed by atoms with Gasteiger partial charge >= 0.3 is 0 Å². The van der Waals surface area contributed by atoms with E-state index in [1.54, 1.807) is 0 Å². The van der Waals surface area contributed by atoms with Crippen molar-refractivity contribution in [2.45, 2.75) is 38.1 Å². The zero-order valence-electron chi connectivity index (χ0n) is 13.9. The summed E-state index contributed by atoms with van der Waals surface area (Å²) in [5, 5.41) is 3.16. The van der Waals surface area contributed by atoms with E-state index in [1.807, 2.05) is 0 Å². The Morgan fingerprint density at radius 3 is 2.48 bits per heavy atom. The molecular weight excluding hydrogens is 288 g/mol. The molecule has 0 aliphatic carbocycles. The summed E-state index contributed by atoms with van der Waals surface area (Å²) in [4.78, 5) is 14.5. The van der Waals surface area contributed by atoms with Crippen LogP contribution in [0.25, 0.3) is 0 Å². The average molecular weight is 316 g/mol. The minimum Gasteiger partial charge on any atom is -0.381 e.